The van der Waals surface area contributed by atoms with Gasteiger partial charge in [-0.15, -0.1) is 0 Å². The maximum atomic E-state index is 12.6. The van der Waals surface area contributed by atoms with Crippen molar-refractivity contribution in [1.29, 1.82) is 0 Å². The highest BCUT2D eigenvalue weighted by molar-refractivity contribution is 7.89. The van der Waals surface area contributed by atoms with Crippen LogP contribution in [0.15, 0.2) is 65.8 Å². The molecular weight excluding hydrogens is 442 g/mol. The van der Waals surface area contributed by atoms with Crippen LogP contribution in [0, 0.1) is 0 Å². The van der Waals surface area contributed by atoms with Gasteiger partial charge in [0.2, 0.25) is 10.0 Å². The standard InChI is InChI=1S/C23H25N5O4S/c1-4-28-21-11-10-19(33(30,31)26(2)3)14-20(21)25-22(28)16-32-23(29)18-8-6-17(7-9-18)15-27-13-5-12-24-27/h5-14H,4,15-16H2,1-3H3. The quantitative estimate of drug-likeness (QED) is 0.370. The molecule has 4 aromatic rings. The summed E-state index contributed by atoms with van der Waals surface area (Å²) in [6, 6.07) is 13.9. The molecule has 0 N–H and O–H groups in total. The molecule has 2 heterocycles. The maximum absolute atomic E-state index is 12.6. The van der Waals surface area contributed by atoms with Crippen molar-refractivity contribution >= 4 is 27.0 Å². The van der Waals surface area contributed by atoms with Crippen LogP contribution in [0.2, 0.25) is 0 Å². The van der Waals surface area contributed by atoms with E-state index in [0.29, 0.717) is 30.0 Å². The van der Waals surface area contributed by atoms with Gasteiger partial charge in [0.1, 0.15) is 12.4 Å². The van der Waals surface area contributed by atoms with E-state index in [9.17, 15) is 13.2 Å². The van der Waals surface area contributed by atoms with Crippen molar-refractivity contribution in [2.75, 3.05) is 14.1 Å². The average Bonchev–Trinajstić information content (AvgIpc) is 3.44. The number of rotatable bonds is 8. The molecule has 0 fully saturated rings. The number of carbonyl (C=O) groups excluding carboxylic acids is 1. The van der Waals surface area contributed by atoms with Crippen LogP contribution in [0.3, 0.4) is 0 Å². The van der Waals surface area contributed by atoms with Crippen molar-refractivity contribution < 1.29 is 17.9 Å². The summed E-state index contributed by atoms with van der Waals surface area (Å²) in [5.74, 6) is 0.0989. The van der Waals surface area contributed by atoms with Gasteiger partial charge >= 0.3 is 5.97 Å². The summed E-state index contributed by atoms with van der Waals surface area (Å²) >= 11 is 0. The zero-order valence-electron chi connectivity index (χ0n) is 18.7. The molecule has 0 aliphatic carbocycles. The Morgan fingerprint density at radius 1 is 1.12 bits per heavy atom. The molecule has 0 amide bonds. The van der Waals surface area contributed by atoms with Gasteiger partial charge in [0.15, 0.2) is 0 Å². The number of imidazole rings is 1. The summed E-state index contributed by atoms with van der Waals surface area (Å²) in [5.41, 5.74) is 2.78. The van der Waals surface area contributed by atoms with Crippen molar-refractivity contribution in [3.63, 3.8) is 0 Å². The van der Waals surface area contributed by atoms with E-state index in [0.717, 1.165) is 15.4 Å². The Balaban J connectivity index is 1.49. The second-order valence-electron chi connectivity index (χ2n) is 7.69. The molecule has 0 saturated carbocycles. The highest BCUT2D eigenvalue weighted by atomic mass is 32.2. The van der Waals surface area contributed by atoms with Crippen molar-refractivity contribution in [3.8, 4) is 0 Å². The number of nitrogens with zero attached hydrogens (tertiary/aromatic N) is 5. The lowest BCUT2D eigenvalue weighted by Crippen LogP contribution is -2.22. The van der Waals surface area contributed by atoms with Gasteiger partial charge in [-0.2, -0.15) is 5.10 Å². The third-order valence-corrected chi connectivity index (χ3v) is 7.13. The summed E-state index contributed by atoms with van der Waals surface area (Å²) in [4.78, 5) is 17.3. The maximum Gasteiger partial charge on any atom is 0.338 e. The van der Waals surface area contributed by atoms with Crippen LogP contribution in [-0.2, 0) is 34.5 Å². The van der Waals surface area contributed by atoms with Crippen molar-refractivity contribution in [2.24, 2.45) is 0 Å². The minimum atomic E-state index is -3.57. The van der Waals surface area contributed by atoms with Crippen LogP contribution >= 0.6 is 0 Å². The predicted molar refractivity (Wildman–Crippen MR) is 123 cm³/mol. The fourth-order valence-electron chi connectivity index (χ4n) is 3.53. The third kappa shape index (κ3) is 4.67. The van der Waals surface area contributed by atoms with Gasteiger partial charge in [0, 0.05) is 33.0 Å². The minimum absolute atomic E-state index is 0.0217. The van der Waals surface area contributed by atoms with Crippen molar-refractivity contribution in [3.05, 3.63) is 77.9 Å². The molecule has 172 valence electrons. The number of fused-ring (bicyclic) bond motifs is 1. The Kier molecular flexibility index (Phi) is 6.30. The average molecular weight is 468 g/mol. The van der Waals surface area contributed by atoms with Crippen LogP contribution in [0.5, 0.6) is 0 Å². The largest absolute Gasteiger partial charge is 0.454 e. The van der Waals surface area contributed by atoms with E-state index in [2.05, 4.69) is 10.1 Å². The van der Waals surface area contributed by atoms with Gasteiger partial charge in [0.05, 0.1) is 28.0 Å². The molecule has 0 aliphatic rings. The van der Waals surface area contributed by atoms with Gasteiger partial charge in [-0.05, 0) is 48.9 Å². The van der Waals surface area contributed by atoms with Gasteiger partial charge < -0.3 is 9.30 Å². The van der Waals surface area contributed by atoms with Gasteiger partial charge in [-0.25, -0.2) is 22.5 Å². The summed E-state index contributed by atoms with van der Waals surface area (Å²) in [7, 11) is -0.597. The second-order valence-corrected chi connectivity index (χ2v) is 9.84. The topological polar surface area (TPSA) is 99.3 Å². The van der Waals surface area contributed by atoms with Gasteiger partial charge in [-0.1, -0.05) is 12.1 Å². The number of benzene rings is 2. The lowest BCUT2D eigenvalue weighted by Gasteiger charge is -2.11. The summed E-state index contributed by atoms with van der Waals surface area (Å²) in [6.45, 7) is 3.15. The Hall–Kier alpha value is -3.50. The smallest absolute Gasteiger partial charge is 0.338 e. The van der Waals surface area contributed by atoms with Crippen molar-refractivity contribution in [2.45, 2.75) is 31.5 Å². The molecule has 9 nitrogen and oxygen atoms in total. The van der Waals surface area contributed by atoms with E-state index in [1.807, 2.05) is 35.9 Å². The fraction of sp³-hybridized carbons (Fsp3) is 0.261. The van der Waals surface area contributed by atoms with E-state index in [1.54, 1.807) is 41.2 Å². The highest BCUT2D eigenvalue weighted by Gasteiger charge is 2.20. The SMILES string of the molecule is CCn1c(COC(=O)c2ccc(Cn3cccn3)cc2)nc2cc(S(=O)(=O)N(C)C)ccc21. The minimum Gasteiger partial charge on any atom is -0.454 e. The molecular formula is C23H25N5O4S. The van der Waals surface area contributed by atoms with Gasteiger partial charge in [-0.3, -0.25) is 4.68 Å². The number of esters is 1. The molecule has 33 heavy (non-hydrogen) atoms. The van der Waals surface area contributed by atoms with Crippen molar-refractivity contribution in [1.82, 2.24) is 23.6 Å². The number of hydrogen-bond acceptors (Lipinski definition) is 6. The fourth-order valence-corrected chi connectivity index (χ4v) is 4.46. The molecule has 2 aromatic carbocycles. The van der Waals surface area contributed by atoms with E-state index in [1.165, 1.54) is 14.1 Å². The van der Waals surface area contributed by atoms with Crippen LogP contribution in [-0.4, -0.2) is 52.1 Å². The zero-order valence-corrected chi connectivity index (χ0v) is 19.5. The second kappa shape index (κ2) is 9.16. The lowest BCUT2D eigenvalue weighted by molar-refractivity contribution is 0.0458. The van der Waals surface area contributed by atoms with E-state index < -0.39 is 16.0 Å². The first kappa shape index (κ1) is 22.7. The summed E-state index contributed by atoms with van der Waals surface area (Å²) < 4.78 is 35.2. The first-order valence-corrected chi connectivity index (χ1v) is 11.9. The molecule has 0 aliphatic heterocycles. The predicted octanol–water partition coefficient (Wildman–Crippen LogP) is 2.91. The molecule has 0 spiro atoms. The number of aromatic nitrogens is 4. The van der Waals surface area contributed by atoms with Crippen LogP contribution < -0.4 is 0 Å². The number of aryl methyl sites for hydroxylation is 1. The summed E-state index contributed by atoms with van der Waals surface area (Å²) in [5, 5.41) is 4.17. The molecule has 0 radical (unpaired) electrons. The number of carbonyl (C=O) groups is 1. The first-order valence-electron chi connectivity index (χ1n) is 10.4. The number of ether oxygens (including phenoxy) is 1. The molecule has 0 bridgehead atoms. The zero-order chi connectivity index (χ0) is 23.6. The molecule has 0 unspecified atom stereocenters. The molecule has 10 heteroatoms. The van der Waals surface area contributed by atoms with E-state index in [-0.39, 0.29) is 11.5 Å². The Bertz CT molecular complexity index is 1370. The van der Waals surface area contributed by atoms with E-state index in [4.69, 9.17) is 4.74 Å². The van der Waals surface area contributed by atoms with Crippen LogP contribution in [0.4, 0.5) is 0 Å². The molecule has 4 rings (SSSR count). The first-order chi connectivity index (χ1) is 15.8. The molecule has 0 atom stereocenters. The third-order valence-electron chi connectivity index (χ3n) is 5.32. The molecule has 2 aromatic heterocycles. The Morgan fingerprint density at radius 2 is 1.88 bits per heavy atom. The Morgan fingerprint density at radius 3 is 2.52 bits per heavy atom. The number of hydrogen-bond donors (Lipinski definition) is 0. The lowest BCUT2D eigenvalue weighted by atomic mass is 10.1. The Labute approximate surface area is 192 Å². The van der Waals surface area contributed by atoms with Gasteiger partial charge in [0.25, 0.3) is 0 Å². The monoisotopic (exact) mass is 467 g/mol. The highest BCUT2D eigenvalue weighted by Crippen LogP contribution is 2.23. The molecule has 0 saturated heterocycles. The van der Waals surface area contributed by atoms with E-state index >= 15 is 0 Å². The normalized spacial score (nSPS) is 11.9. The summed E-state index contributed by atoms with van der Waals surface area (Å²) in [6.07, 6.45) is 3.60. The number of sulfonamides is 1. The van der Waals surface area contributed by atoms with Crippen LogP contribution in [0.25, 0.3) is 11.0 Å². The van der Waals surface area contributed by atoms with Crippen LogP contribution in [0.1, 0.15) is 28.7 Å².